The molecule has 2 fully saturated rings. The molecule has 0 spiro atoms. The van der Waals surface area contributed by atoms with Crippen molar-refractivity contribution in [3.05, 3.63) is 41.5 Å². The zero-order chi connectivity index (χ0) is 26.7. The summed E-state index contributed by atoms with van der Waals surface area (Å²) >= 11 is 0. The predicted octanol–water partition coefficient (Wildman–Crippen LogP) is 2.36. The highest BCUT2D eigenvalue weighted by Crippen LogP contribution is 2.34. The maximum Gasteiger partial charge on any atom is 0.326 e. The van der Waals surface area contributed by atoms with E-state index in [1.165, 1.54) is 24.1 Å². The normalized spacial score (nSPS) is 20.4. The summed E-state index contributed by atoms with van der Waals surface area (Å²) in [5, 5.41) is 7.55. The van der Waals surface area contributed by atoms with Crippen LogP contribution in [0.2, 0.25) is 0 Å². The molecule has 3 heterocycles. The molecule has 2 aromatic rings. The number of imide groups is 1. The van der Waals surface area contributed by atoms with Crippen molar-refractivity contribution >= 4 is 23.8 Å². The van der Waals surface area contributed by atoms with E-state index >= 15 is 0 Å². The van der Waals surface area contributed by atoms with E-state index in [2.05, 4.69) is 15.4 Å². The lowest BCUT2D eigenvalue weighted by Gasteiger charge is -2.30. The number of morpholine rings is 1. The van der Waals surface area contributed by atoms with Crippen molar-refractivity contribution in [3.8, 4) is 0 Å². The van der Waals surface area contributed by atoms with Crippen LogP contribution in [0.25, 0.3) is 0 Å². The number of carbonyl (C=O) groups is 3. The van der Waals surface area contributed by atoms with E-state index < -0.39 is 17.2 Å². The van der Waals surface area contributed by atoms with Crippen LogP contribution < -0.4 is 5.32 Å². The van der Waals surface area contributed by atoms with E-state index in [9.17, 15) is 18.8 Å². The van der Waals surface area contributed by atoms with Crippen LogP contribution in [0, 0.1) is 17.2 Å². The van der Waals surface area contributed by atoms with Crippen LogP contribution in [0.15, 0.2) is 24.3 Å². The lowest BCUT2D eigenvalue weighted by atomic mass is 9.94. The fraction of sp³-hybridized carbons (Fsp3) is 0.560. The fourth-order valence-corrected chi connectivity index (χ4v) is 4.57. The average molecular weight is 517 g/mol. The van der Waals surface area contributed by atoms with Gasteiger partial charge in [0, 0.05) is 33.3 Å². The Morgan fingerprint density at radius 1 is 1.22 bits per heavy atom. The Morgan fingerprint density at radius 2 is 1.89 bits per heavy atom. The molecule has 0 saturated carbocycles. The molecule has 2 atom stereocenters. The van der Waals surface area contributed by atoms with E-state index in [0.29, 0.717) is 26.3 Å². The van der Waals surface area contributed by atoms with Crippen molar-refractivity contribution in [3.63, 3.8) is 0 Å². The van der Waals surface area contributed by atoms with E-state index in [1.54, 1.807) is 30.9 Å². The number of methoxy groups -OCH3 is 1. The van der Waals surface area contributed by atoms with Gasteiger partial charge in [0.25, 0.3) is 5.91 Å². The second-order valence-corrected chi connectivity index (χ2v) is 10.1. The summed E-state index contributed by atoms with van der Waals surface area (Å²) < 4.78 is 25.0. The highest BCUT2D eigenvalue weighted by molar-refractivity contribution is 5.99. The summed E-state index contributed by atoms with van der Waals surface area (Å²) in [5.74, 6) is -1.82. The van der Waals surface area contributed by atoms with Gasteiger partial charge in [0.1, 0.15) is 11.7 Å². The van der Waals surface area contributed by atoms with E-state index in [1.807, 2.05) is 6.92 Å². The van der Waals surface area contributed by atoms with Crippen molar-refractivity contribution in [1.82, 2.24) is 24.6 Å². The maximum atomic E-state index is 13.4. The number of aromatic nitrogens is 3. The summed E-state index contributed by atoms with van der Waals surface area (Å²) in [6.07, 6.45) is 0. The maximum absolute atomic E-state index is 13.4. The summed E-state index contributed by atoms with van der Waals surface area (Å²) in [4.78, 5) is 47.2. The van der Waals surface area contributed by atoms with Crippen LogP contribution in [0.1, 0.15) is 42.9 Å². The third-order valence-corrected chi connectivity index (χ3v) is 6.63. The molecule has 11 nitrogen and oxygen atoms in total. The van der Waals surface area contributed by atoms with Crippen molar-refractivity contribution in [2.45, 2.75) is 33.2 Å². The Balaban J connectivity index is 1.61. The molecule has 0 radical (unpaired) electrons. The van der Waals surface area contributed by atoms with Gasteiger partial charge in [0.2, 0.25) is 11.9 Å². The molecule has 0 bridgehead atoms. The molecule has 1 aromatic heterocycles. The molecule has 0 aliphatic carbocycles. The largest absolute Gasteiger partial charge is 0.384 e. The van der Waals surface area contributed by atoms with Crippen LogP contribution >= 0.6 is 0 Å². The van der Waals surface area contributed by atoms with Crippen LogP contribution in [0.4, 0.5) is 15.1 Å². The van der Waals surface area contributed by atoms with Crippen LogP contribution in [0.3, 0.4) is 0 Å². The molecule has 200 valence electrons. The van der Waals surface area contributed by atoms with Crippen molar-refractivity contribution < 1.29 is 28.2 Å². The standard InChI is InChI=1S/C25H33FN6O5/c1-16-14-31(24(35)30-9-11-37-12-10-30)21(33)19(16)20-28-23(27-13-17-5-7-18(26)8-6-17)32(29-20)22(34)25(2,3)15-36-4/h5-8,16,19H,9-15H2,1-4H3,(H,27,28,29). The molecule has 2 saturated heterocycles. The number of nitrogens with zero attached hydrogens (tertiary/aromatic N) is 5. The minimum atomic E-state index is -0.921. The molecule has 4 rings (SSSR count). The Bertz CT molecular complexity index is 1140. The van der Waals surface area contributed by atoms with Gasteiger partial charge < -0.3 is 19.7 Å². The van der Waals surface area contributed by atoms with Crippen molar-refractivity contribution in [1.29, 1.82) is 0 Å². The number of urea groups is 1. The van der Waals surface area contributed by atoms with Gasteiger partial charge in [-0.15, -0.1) is 5.10 Å². The lowest BCUT2D eigenvalue weighted by Crippen LogP contribution is -2.49. The number of carbonyl (C=O) groups excluding carboxylic acids is 3. The third kappa shape index (κ3) is 5.64. The molecule has 12 heteroatoms. The van der Waals surface area contributed by atoms with Gasteiger partial charge in [0.05, 0.1) is 25.2 Å². The van der Waals surface area contributed by atoms with Gasteiger partial charge in [-0.25, -0.2) is 9.18 Å². The van der Waals surface area contributed by atoms with Crippen LogP contribution in [-0.2, 0) is 20.8 Å². The summed E-state index contributed by atoms with van der Waals surface area (Å²) in [7, 11) is 1.51. The zero-order valence-corrected chi connectivity index (χ0v) is 21.6. The number of nitrogens with one attached hydrogen (secondary N) is 1. The first-order valence-corrected chi connectivity index (χ1v) is 12.3. The first-order chi connectivity index (χ1) is 17.6. The molecular formula is C25H33FN6O5. The van der Waals surface area contributed by atoms with Gasteiger partial charge >= 0.3 is 6.03 Å². The van der Waals surface area contributed by atoms with E-state index in [0.717, 1.165) is 10.2 Å². The molecule has 2 aliphatic heterocycles. The number of hydrogen-bond acceptors (Lipinski definition) is 8. The quantitative estimate of drug-likeness (QED) is 0.596. The Hall–Kier alpha value is -3.38. The molecule has 2 unspecified atom stereocenters. The summed E-state index contributed by atoms with van der Waals surface area (Å²) in [6, 6.07) is 5.59. The SMILES string of the molecule is COCC(C)(C)C(=O)n1nc(C2C(=O)N(C(=O)N3CCOCC3)CC2C)nc1NCc1ccc(F)cc1. The van der Waals surface area contributed by atoms with Gasteiger partial charge in [-0.05, 0) is 37.5 Å². The summed E-state index contributed by atoms with van der Waals surface area (Å²) in [6.45, 7) is 7.68. The van der Waals surface area contributed by atoms with E-state index in [4.69, 9.17) is 9.47 Å². The number of hydrogen-bond donors (Lipinski definition) is 1. The van der Waals surface area contributed by atoms with Gasteiger partial charge in [-0.2, -0.15) is 9.67 Å². The monoisotopic (exact) mass is 516 g/mol. The fourth-order valence-electron chi connectivity index (χ4n) is 4.57. The van der Waals surface area contributed by atoms with Crippen molar-refractivity contribution in [2.75, 3.05) is 51.9 Å². The van der Waals surface area contributed by atoms with Crippen LogP contribution in [-0.4, -0.2) is 89.0 Å². The molecule has 1 N–H and O–H groups in total. The molecule has 37 heavy (non-hydrogen) atoms. The van der Waals surface area contributed by atoms with Gasteiger partial charge in [0.15, 0.2) is 5.82 Å². The number of anilines is 1. The number of likely N-dealkylation sites (tertiary alicyclic amines) is 1. The Labute approximate surface area is 214 Å². The predicted molar refractivity (Wildman–Crippen MR) is 131 cm³/mol. The number of amides is 3. The highest BCUT2D eigenvalue weighted by Gasteiger charge is 2.46. The molecule has 1 aromatic carbocycles. The van der Waals surface area contributed by atoms with Crippen molar-refractivity contribution in [2.24, 2.45) is 11.3 Å². The number of benzene rings is 1. The van der Waals surface area contributed by atoms with Crippen LogP contribution in [0.5, 0.6) is 0 Å². The second kappa shape index (κ2) is 10.9. The lowest BCUT2D eigenvalue weighted by molar-refractivity contribution is -0.127. The second-order valence-electron chi connectivity index (χ2n) is 10.1. The molecule has 2 aliphatic rings. The summed E-state index contributed by atoms with van der Waals surface area (Å²) in [5.41, 5.74) is -0.149. The van der Waals surface area contributed by atoms with E-state index in [-0.39, 0.29) is 55.1 Å². The van der Waals surface area contributed by atoms with Gasteiger partial charge in [-0.3, -0.25) is 14.5 Å². The highest BCUT2D eigenvalue weighted by atomic mass is 19.1. The molecule has 3 amide bonds. The smallest absolute Gasteiger partial charge is 0.326 e. The minimum absolute atomic E-state index is 0.152. The number of rotatable bonds is 7. The third-order valence-electron chi connectivity index (χ3n) is 6.63. The first-order valence-electron chi connectivity index (χ1n) is 12.3. The van der Waals surface area contributed by atoms with Gasteiger partial charge in [-0.1, -0.05) is 19.1 Å². The topological polar surface area (TPSA) is 119 Å². The Kier molecular flexibility index (Phi) is 7.88. The average Bonchev–Trinajstić information content (AvgIpc) is 3.42. The number of halogens is 1. The Morgan fingerprint density at radius 3 is 2.54 bits per heavy atom. The molecular weight excluding hydrogens is 483 g/mol. The minimum Gasteiger partial charge on any atom is -0.384 e. The first kappa shape index (κ1) is 26.7. The number of ether oxygens (including phenoxy) is 2. The zero-order valence-electron chi connectivity index (χ0n) is 21.6.